The summed E-state index contributed by atoms with van der Waals surface area (Å²) >= 11 is 6.56. The molecule has 0 aromatic carbocycles. The molecule has 3 unspecified atom stereocenters. The van der Waals surface area contributed by atoms with Gasteiger partial charge in [-0.05, 0) is 97.7 Å². The predicted octanol–water partition coefficient (Wildman–Crippen LogP) is 8.64. The summed E-state index contributed by atoms with van der Waals surface area (Å²) in [5.41, 5.74) is 2.82. The molecule has 0 amide bonds. The molecule has 0 bridgehead atoms. The van der Waals surface area contributed by atoms with Crippen LogP contribution in [0.3, 0.4) is 0 Å². The van der Waals surface area contributed by atoms with E-state index in [9.17, 15) is 0 Å². The minimum absolute atomic E-state index is 0.396. The first kappa shape index (κ1) is 21.3. The zero-order valence-electron chi connectivity index (χ0n) is 19.3. The van der Waals surface area contributed by atoms with Crippen LogP contribution in [-0.2, 0) is 0 Å². The quantitative estimate of drug-likeness (QED) is 0.317. The summed E-state index contributed by atoms with van der Waals surface area (Å²) in [5, 5.41) is 0.396. The molecule has 0 aromatic heterocycles. The lowest BCUT2D eigenvalue weighted by atomic mass is 9.47. The molecule has 4 aliphatic carbocycles. The van der Waals surface area contributed by atoms with E-state index >= 15 is 0 Å². The fourth-order valence-electron chi connectivity index (χ4n) is 8.64. The lowest BCUT2D eigenvalue weighted by Crippen LogP contribution is -2.50. The molecule has 0 spiro atoms. The SMILES string of the molecule is CC(C)CCC[C@@H](C)[C@H]1CCC2C3CC=C4C[C@@H](Cl)CC[C@]4(C)C3CC[C@@]21C. The zero-order chi connectivity index (χ0) is 20.1. The number of rotatable bonds is 5. The Kier molecular flexibility index (Phi) is 6.03. The third-order valence-electron chi connectivity index (χ3n) is 10.2. The number of fused-ring (bicyclic) bond motifs is 5. The second kappa shape index (κ2) is 7.94. The minimum atomic E-state index is 0.396. The van der Waals surface area contributed by atoms with Crippen LogP contribution in [0.1, 0.15) is 105 Å². The van der Waals surface area contributed by atoms with Gasteiger partial charge in [-0.2, -0.15) is 0 Å². The molecule has 0 saturated heterocycles. The Morgan fingerprint density at radius 3 is 2.54 bits per heavy atom. The Labute approximate surface area is 180 Å². The fourth-order valence-corrected chi connectivity index (χ4v) is 8.92. The number of alkyl halides is 1. The van der Waals surface area contributed by atoms with Crippen LogP contribution in [0.5, 0.6) is 0 Å². The van der Waals surface area contributed by atoms with Gasteiger partial charge < -0.3 is 0 Å². The Morgan fingerprint density at radius 1 is 1.00 bits per heavy atom. The first-order valence-electron chi connectivity index (χ1n) is 12.6. The van der Waals surface area contributed by atoms with Crippen molar-refractivity contribution in [1.29, 1.82) is 0 Å². The molecule has 0 nitrogen and oxygen atoms in total. The van der Waals surface area contributed by atoms with Crippen LogP contribution < -0.4 is 0 Å². The third kappa shape index (κ3) is 3.52. The van der Waals surface area contributed by atoms with E-state index in [1.54, 1.807) is 5.57 Å². The lowest BCUT2D eigenvalue weighted by Gasteiger charge is -2.58. The van der Waals surface area contributed by atoms with Gasteiger partial charge in [-0.25, -0.2) is 0 Å². The molecule has 0 aromatic rings. The van der Waals surface area contributed by atoms with Gasteiger partial charge in [-0.1, -0.05) is 65.5 Å². The van der Waals surface area contributed by atoms with Crippen molar-refractivity contribution in [3.05, 3.63) is 11.6 Å². The molecule has 3 fully saturated rings. The third-order valence-corrected chi connectivity index (χ3v) is 10.6. The standard InChI is InChI=1S/C27H45Cl/c1-18(2)7-6-8-19(3)23-11-12-24-22-10-9-20-17-21(28)13-15-26(20,4)25(22)14-16-27(23,24)5/h9,18-19,21-25H,6-8,10-17H2,1-5H3/t19-,21+,22?,23-,24?,25?,26+,27-/m1/s1. The van der Waals surface area contributed by atoms with Crippen LogP contribution in [-0.4, -0.2) is 5.38 Å². The maximum absolute atomic E-state index is 6.56. The number of hydrogen-bond acceptors (Lipinski definition) is 0. The normalized spacial score (nSPS) is 46.5. The van der Waals surface area contributed by atoms with Gasteiger partial charge >= 0.3 is 0 Å². The van der Waals surface area contributed by atoms with Crippen molar-refractivity contribution in [2.45, 2.75) is 111 Å². The van der Waals surface area contributed by atoms with E-state index in [0.717, 1.165) is 35.5 Å². The second-order valence-corrected chi connectivity index (χ2v) is 12.7. The van der Waals surface area contributed by atoms with Gasteiger partial charge in [0, 0.05) is 5.38 Å². The summed E-state index contributed by atoms with van der Waals surface area (Å²) in [6.45, 7) is 12.7. The van der Waals surface area contributed by atoms with Crippen molar-refractivity contribution in [1.82, 2.24) is 0 Å². The molecule has 28 heavy (non-hydrogen) atoms. The summed E-state index contributed by atoms with van der Waals surface area (Å²) < 4.78 is 0. The summed E-state index contributed by atoms with van der Waals surface area (Å²) in [5.74, 6) is 5.62. The highest BCUT2D eigenvalue weighted by Crippen LogP contribution is 2.67. The average Bonchev–Trinajstić information content (AvgIpc) is 2.99. The van der Waals surface area contributed by atoms with Crippen molar-refractivity contribution >= 4 is 11.6 Å². The molecule has 8 atom stereocenters. The minimum Gasteiger partial charge on any atom is -0.123 e. The van der Waals surface area contributed by atoms with E-state index in [4.69, 9.17) is 11.6 Å². The van der Waals surface area contributed by atoms with E-state index in [1.165, 1.54) is 70.6 Å². The van der Waals surface area contributed by atoms with Crippen molar-refractivity contribution in [2.75, 3.05) is 0 Å². The first-order chi connectivity index (χ1) is 13.3. The maximum Gasteiger partial charge on any atom is 0.0373 e. The van der Waals surface area contributed by atoms with Gasteiger partial charge in [-0.3, -0.25) is 0 Å². The van der Waals surface area contributed by atoms with Gasteiger partial charge in [0.15, 0.2) is 0 Å². The lowest BCUT2D eigenvalue weighted by molar-refractivity contribution is -0.0498. The van der Waals surface area contributed by atoms with E-state index in [2.05, 4.69) is 40.7 Å². The Bertz CT molecular complexity index is 591. The van der Waals surface area contributed by atoms with E-state index in [1.807, 2.05) is 0 Å². The second-order valence-electron chi connectivity index (χ2n) is 12.1. The Hall–Kier alpha value is 0.0300. The van der Waals surface area contributed by atoms with Gasteiger partial charge in [0.2, 0.25) is 0 Å². The smallest absolute Gasteiger partial charge is 0.0373 e. The maximum atomic E-state index is 6.56. The molecule has 0 aliphatic heterocycles. The number of halogens is 1. The summed E-state index contributed by atoms with van der Waals surface area (Å²) in [7, 11) is 0. The monoisotopic (exact) mass is 404 g/mol. The highest BCUT2D eigenvalue weighted by atomic mass is 35.5. The van der Waals surface area contributed by atoms with Crippen molar-refractivity contribution in [3.63, 3.8) is 0 Å². The molecular formula is C27H45Cl. The number of hydrogen-bond donors (Lipinski definition) is 0. The summed E-state index contributed by atoms with van der Waals surface area (Å²) in [6, 6.07) is 0. The van der Waals surface area contributed by atoms with E-state index in [-0.39, 0.29) is 0 Å². The number of allylic oxidation sites excluding steroid dienone is 2. The Morgan fingerprint density at radius 2 is 1.79 bits per heavy atom. The van der Waals surface area contributed by atoms with Gasteiger partial charge in [0.25, 0.3) is 0 Å². The van der Waals surface area contributed by atoms with Crippen molar-refractivity contribution in [2.24, 2.45) is 46.3 Å². The molecule has 4 aliphatic rings. The molecular weight excluding hydrogens is 360 g/mol. The van der Waals surface area contributed by atoms with Crippen LogP contribution in [0.2, 0.25) is 0 Å². The molecule has 0 N–H and O–H groups in total. The van der Waals surface area contributed by atoms with Crippen LogP contribution in [0.4, 0.5) is 0 Å². The van der Waals surface area contributed by atoms with Crippen LogP contribution in [0.25, 0.3) is 0 Å². The largest absolute Gasteiger partial charge is 0.123 e. The van der Waals surface area contributed by atoms with Gasteiger partial charge in [-0.15, -0.1) is 11.6 Å². The molecule has 160 valence electrons. The highest BCUT2D eigenvalue weighted by Gasteiger charge is 2.58. The van der Waals surface area contributed by atoms with Crippen LogP contribution in [0, 0.1) is 46.3 Å². The van der Waals surface area contributed by atoms with Crippen LogP contribution in [0.15, 0.2) is 11.6 Å². The molecule has 0 heterocycles. The molecule has 4 rings (SSSR count). The highest BCUT2D eigenvalue weighted by molar-refractivity contribution is 6.20. The van der Waals surface area contributed by atoms with Crippen molar-refractivity contribution < 1.29 is 0 Å². The summed E-state index contributed by atoms with van der Waals surface area (Å²) in [4.78, 5) is 0. The van der Waals surface area contributed by atoms with Gasteiger partial charge in [0.05, 0.1) is 0 Å². The zero-order valence-corrected chi connectivity index (χ0v) is 20.0. The first-order valence-corrected chi connectivity index (χ1v) is 13.0. The topological polar surface area (TPSA) is 0 Å². The van der Waals surface area contributed by atoms with Crippen LogP contribution >= 0.6 is 11.6 Å². The van der Waals surface area contributed by atoms with E-state index in [0.29, 0.717) is 16.2 Å². The Balaban J connectivity index is 1.49. The average molecular weight is 405 g/mol. The molecule has 0 radical (unpaired) electrons. The summed E-state index contributed by atoms with van der Waals surface area (Å²) in [6.07, 6.45) is 18.0. The molecule has 1 heteroatoms. The predicted molar refractivity (Wildman–Crippen MR) is 123 cm³/mol. The molecule has 3 saturated carbocycles. The van der Waals surface area contributed by atoms with Crippen molar-refractivity contribution in [3.8, 4) is 0 Å². The van der Waals surface area contributed by atoms with Gasteiger partial charge in [0.1, 0.15) is 0 Å². The van der Waals surface area contributed by atoms with E-state index < -0.39 is 0 Å². The fraction of sp³-hybridized carbons (Fsp3) is 0.926.